The van der Waals surface area contributed by atoms with Crippen molar-refractivity contribution < 1.29 is 31.9 Å². The van der Waals surface area contributed by atoms with E-state index in [1.165, 1.54) is 26.1 Å². The molecule has 0 bridgehead atoms. The molecule has 1 aromatic carbocycles. The normalized spacial score (nSPS) is 16.7. The van der Waals surface area contributed by atoms with Gasteiger partial charge in [0.05, 0.1) is 10.0 Å². The zero-order chi connectivity index (χ0) is 21.5. The van der Waals surface area contributed by atoms with Gasteiger partial charge in [-0.15, -0.1) is 0 Å². The number of anilines is 2. The minimum absolute atomic E-state index is 0.0246. The highest BCUT2D eigenvalue weighted by Crippen LogP contribution is 2.33. The van der Waals surface area contributed by atoms with Crippen LogP contribution in [0.4, 0.5) is 33.9 Å². The lowest BCUT2D eigenvalue weighted by Crippen LogP contribution is -2.47. The fraction of sp³-hybridized carbons (Fsp3) is 0.278. The Hall–Kier alpha value is -2.69. The maximum absolute atomic E-state index is 13.4. The number of alkyl halides is 3. The Balaban J connectivity index is 1.95. The Morgan fingerprint density at radius 3 is 2.62 bits per heavy atom. The van der Waals surface area contributed by atoms with Gasteiger partial charge in [0.1, 0.15) is 18.2 Å². The van der Waals surface area contributed by atoms with Crippen LogP contribution in [0.1, 0.15) is 11.3 Å². The molecule has 0 aliphatic carbocycles. The number of carbonyl (C=O) groups is 2. The first-order chi connectivity index (χ1) is 13.5. The van der Waals surface area contributed by atoms with Crippen molar-refractivity contribution in [2.75, 3.05) is 23.5 Å². The van der Waals surface area contributed by atoms with Gasteiger partial charge in [0.2, 0.25) is 0 Å². The minimum atomic E-state index is -4.65. The number of hydrogen-bond acceptors (Lipinski definition) is 4. The third kappa shape index (κ3) is 4.19. The number of carbonyl (C=O) groups excluding carboxylic acids is 2. The van der Waals surface area contributed by atoms with E-state index in [-0.39, 0.29) is 22.6 Å². The number of likely N-dealkylation sites (N-methyl/N-ethyl adjacent to an activating group) is 1. The number of rotatable bonds is 3. The molecule has 1 saturated heterocycles. The number of ether oxygens (including phenoxy) is 1. The number of pyridine rings is 1. The van der Waals surface area contributed by atoms with Gasteiger partial charge in [-0.3, -0.25) is 4.79 Å². The molecule has 11 heteroatoms. The topological polar surface area (TPSA) is 62.7 Å². The molecule has 1 aromatic heterocycles. The predicted molar refractivity (Wildman–Crippen MR) is 99.1 cm³/mol. The molecule has 1 fully saturated rings. The summed E-state index contributed by atoms with van der Waals surface area (Å²) in [7, 11) is 1.40. The molecule has 0 radical (unpaired) electrons. The number of hydrogen-bond donors (Lipinski definition) is 0. The first kappa shape index (κ1) is 21.0. The second-order valence-electron chi connectivity index (χ2n) is 6.31. The van der Waals surface area contributed by atoms with E-state index in [0.29, 0.717) is 11.8 Å². The van der Waals surface area contributed by atoms with Gasteiger partial charge >= 0.3 is 12.3 Å². The first-order valence-corrected chi connectivity index (χ1v) is 9.03. The molecule has 2 aromatic rings. The lowest BCUT2D eigenvalue weighted by molar-refractivity contribution is -0.137. The summed E-state index contributed by atoms with van der Waals surface area (Å²) in [6.07, 6.45) is -5.63. The van der Waals surface area contributed by atoms with Crippen LogP contribution in [0.5, 0.6) is 0 Å². The molecule has 0 spiro atoms. The van der Waals surface area contributed by atoms with Gasteiger partial charge in [-0.2, -0.15) is 13.2 Å². The Morgan fingerprint density at radius 2 is 2.00 bits per heavy atom. The van der Waals surface area contributed by atoms with Gasteiger partial charge in [0.15, 0.2) is 6.04 Å². The second-order valence-corrected chi connectivity index (χ2v) is 7.17. The van der Waals surface area contributed by atoms with Crippen molar-refractivity contribution in [3.8, 4) is 0 Å². The lowest BCUT2D eigenvalue weighted by Gasteiger charge is -2.26. The van der Waals surface area contributed by atoms with Crippen LogP contribution in [0, 0.1) is 12.7 Å². The Kier molecular flexibility index (Phi) is 5.52. The molecular weight excluding hydrogens is 462 g/mol. The fourth-order valence-corrected chi connectivity index (χ4v) is 3.21. The standard InChI is InChI=1S/C18H14BrF4N3O3/c1-9-5-10(18(21,22)23)6-15(24-9)26-14(8-29-17(26)28)16(27)25(2)11-3-4-13(20)12(19)7-11/h3-7,14H,8H2,1-2H3/t14-/m0/s1. The number of nitrogens with zero attached hydrogens (tertiary/aromatic N) is 3. The minimum Gasteiger partial charge on any atom is -0.446 e. The van der Waals surface area contributed by atoms with Crippen LogP contribution in [0.25, 0.3) is 0 Å². The molecule has 0 unspecified atom stereocenters. The highest BCUT2D eigenvalue weighted by molar-refractivity contribution is 9.10. The Morgan fingerprint density at radius 1 is 1.31 bits per heavy atom. The third-order valence-electron chi connectivity index (χ3n) is 4.29. The van der Waals surface area contributed by atoms with E-state index in [1.54, 1.807) is 0 Å². The van der Waals surface area contributed by atoms with Gasteiger partial charge < -0.3 is 9.64 Å². The first-order valence-electron chi connectivity index (χ1n) is 8.23. The van der Waals surface area contributed by atoms with E-state index in [9.17, 15) is 27.2 Å². The Labute approximate surface area is 171 Å². The van der Waals surface area contributed by atoms with Crippen LogP contribution in [0.3, 0.4) is 0 Å². The van der Waals surface area contributed by atoms with E-state index in [2.05, 4.69) is 20.9 Å². The number of halogens is 5. The Bertz CT molecular complexity index is 983. The number of cyclic esters (lactones) is 1. The summed E-state index contributed by atoms with van der Waals surface area (Å²) in [5, 5.41) is 0. The van der Waals surface area contributed by atoms with Crippen LogP contribution in [-0.2, 0) is 15.7 Å². The van der Waals surface area contributed by atoms with Crippen LogP contribution in [0.2, 0.25) is 0 Å². The number of amides is 2. The fourth-order valence-electron chi connectivity index (χ4n) is 2.84. The van der Waals surface area contributed by atoms with Gasteiger partial charge in [-0.05, 0) is 53.2 Å². The molecule has 2 heterocycles. The number of aromatic nitrogens is 1. The molecule has 1 aliphatic rings. The smallest absolute Gasteiger partial charge is 0.416 e. The molecular formula is C18H14BrF4N3O3. The van der Waals surface area contributed by atoms with E-state index >= 15 is 0 Å². The molecule has 3 rings (SSSR count). The molecule has 2 amide bonds. The van der Waals surface area contributed by atoms with Crippen LogP contribution < -0.4 is 9.80 Å². The summed E-state index contributed by atoms with van der Waals surface area (Å²) in [6.45, 7) is 0.987. The van der Waals surface area contributed by atoms with Gasteiger partial charge in [-0.25, -0.2) is 19.1 Å². The van der Waals surface area contributed by atoms with Crippen molar-refractivity contribution in [2.45, 2.75) is 19.1 Å². The van der Waals surface area contributed by atoms with E-state index < -0.39 is 35.6 Å². The SMILES string of the molecule is Cc1cc(C(F)(F)F)cc(N2C(=O)OC[C@H]2C(=O)N(C)c2ccc(F)c(Br)c2)n1. The summed E-state index contributed by atoms with van der Waals surface area (Å²) in [6, 6.07) is 4.16. The molecule has 0 N–H and O–H groups in total. The quantitative estimate of drug-likeness (QED) is 0.621. The summed E-state index contributed by atoms with van der Waals surface area (Å²) >= 11 is 3.02. The summed E-state index contributed by atoms with van der Waals surface area (Å²) < 4.78 is 57.9. The van der Waals surface area contributed by atoms with E-state index in [0.717, 1.165) is 21.9 Å². The largest absolute Gasteiger partial charge is 0.446 e. The van der Waals surface area contributed by atoms with Gasteiger partial charge in [-0.1, -0.05) is 0 Å². The highest BCUT2D eigenvalue weighted by atomic mass is 79.9. The zero-order valence-corrected chi connectivity index (χ0v) is 16.7. The predicted octanol–water partition coefficient (Wildman–Crippen LogP) is 4.30. The van der Waals surface area contributed by atoms with Gasteiger partial charge in [0, 0.05) is 18.4 Å². The third-order valence-corrected chi connectivity index (χ3v) is 4.90. The molecule has 154 valence electrons. The maximum Gasteiger partial charge on any atom is 0.416 e. The second kappa shape index (κ2) is 7.62. The lowest BCUT2D eigenvalue weighted by atomic mass is 10.2. The van der Waals surface area contributed by atoms with Crippen LogP contribution >= 0.6 is 15.9 Å². The molecule has 0 saturated carbocycles. The van der Waals surface area contributed by atoms with Gasteiger partial charge in [0.25, 0.3) is 5.91 Å². The van der Waals surface area contributed by atoms with Crippen molar-refractivity contribution in [3.63, 3.8) is 0 Å². The summed E-state index contributed by atoms with van der Waals surface area (Å²) in [4.78, 5) is 31.0. The zero-order valence-electron chi connectivity index (χ0n) is 15.1. The highest BCUT2D eigenvalue weighted by Gasteiger charge is 2.43. The average Bonchev–Trinajstić information content (AvgIpc) is 3.03. The monoisotopic (exact) mass is 475 g/mol. The van der Waals surface area contributed by atoms with Crippen molar-refractivity contribution in [1.82, 2.24) is 4.98 Å². The number of aryl methyl sites for hydroxylation is 1. The van der Waals surface area contributed by atoms with Crippen molar-refractivity contribution in [1.29, 1.82) is 0 Å². The van der Waals surface area contributed by atoms with Crippen molar-refractivity contribution >= 4 is 39.4 Å². The van der Waals surface area contributed by atoms with E-state index in [4.69, 9.17) is 4.74 Å². The molecule has 29 heavy (non-hydrogen) atoms. The van der Waals surface area contributed by atoms with E-state index in [1.807, 2.05) is 0 Å². The average molecular weight is 476 g/mol. The van der Waals surface area contributed by atoms with Crippen LogP contribution in [-0.4, -0.2) is 36.7 Å². The molecule has 1 atom stereocenters. The van der Waals surface area contributed by atoms with Crippen LogP contribution in [0.15, 0.2) is 34.8 Å². The molecule has 1 aliphatic heterocycles. The maximum atomic E-state index is 13.4. The van der Waals surface area contributed by atoms with Crippen molar-refractivity contribution in [2.24, 2.45) is 0 Å². The molecule has 6 nitrogen and oxygen atoms in total. The number of benzene rings is 1. The summed E-state index contributed by atoms with van der Waals surface area (Å²) in [5.41, 5.74) is -0.658. The van der Waals surface area contributed by atoms with Crippen molar-refractivity contribution in [3.05, 3.63) is 51.9 Å². The summed E-state index contributed by atoms with van der Waals surface area (Å²) in [5.74, 6) is -1.50.